The highest BCUT2D eigenvalue weighted by Crippen LogP contribution is 2.32. The first-order chi connectivity index (χ1) is 8.74. The van der Waals surface area contributed by atoms with Gasteiger partial charge in [0.2, 0.25) is 0 Å². The lowest BCUT2D eigenvalue weighted by Gasteiger charge is -2.25. The van der Waals surface area contributed by atoms with Crippen LogP contribution < -0.4 is 5.32 Å². The highest BCUT2D eigenvalue weighted by Gasteiger charge is 2.30. The zero-order valence-corrected chi connectivity index (χ0v) is 11.6. The van der Waals surface area contributed by atoms with Gasteiger partial charge in [-0.05, 0) is 36.3 Å². The van der Waals surface area contributed by atoms with E-state index in [2.05, 4.69) is 42.3 Å². The lowest BCUT2D eigenvalue weighted by molar-refractivity contribution is 0.226. The van der Waals surface area contributed by atoms with Crippen LogP contribution in [-0.4, -0.2) is 24.0 Å². The maximum atomic E-state index is 3.56. The van der Waals surface area contributed by atoms with Crippen molar-refractivity contribution in [2.75, 3.05) is 18.4 Å². The van der Waals surface area contributed by atoms with Gasteiger partial charge in [-0.3, -0.25) is 4.90 Å². The van der Waals surface area contributed by atoms with Gasteiger partial charge in [-0.15, -0.1) is 0 Å². The number of fused-ring (bicyclic) bond motifs is 1. The fraction of sp³-hybridized carbons (Fsp3) is 0.625. The van der Waals surface area contributed by atoms with Crippen LogP contribution in [-0.2, 0) is 13.0 Å². The molecule has 2 nitrogen and oxygen atoms in total. The molecule has 1 aromatic carbocycles. The minimum absolute atomic E-state index is 0.760. The second kappa shape index (κ2) is 4.93. The highest BCUT2D eigenvalue weighted by molar-refractivity contribution is 5.61. The molecule has 0 saturated heterocycles. The normalized spacial score (nSPS) is 18.2. The summed E-state index contributed by atoms with van der Waals surface area (Å²) < 4.78 is 0. The average Bonchev–Trinajstić information content (AvgIpc) is 3.06. The molecule has 0 aromatic heterocycles. The molecule has 1 fully saturated rings. The molecule has 1 aromatic rings. The van der Waals surface area contributed by atoms with E-state index in [-0.39, 0.29) is 0 Å². The van der Waals surface area contributed by atoms with Crippen LogP contribution in [0.15, 0.2) is 18.2 Å². The number of benzene rings is 1. The summed E-state index contributed by atoms with van der Waals surface area (Å²) in [5.74, 6) is 0.760. The lowest BCUT2D eigenvalue weighted by Crippen LogP contribution is -2.29. The van der Waals surface area contributed by atoms with Crippen LogP contribution in [0.4, 0.5) is 5.69 Å². The van der Waals surface area contributed by atoms with Crippen molar-refractivity contribution in [3.05, 3.63) is 29.3 Å². The summed E-state index contributed by atoms with van der Waals surface area (Å²) in [6, 6.07) is 7.64. The van der Waals surface area contributed by atoms with Gasteiger partial charge >= 0.3 is 0 Å². The van der Waals surface area contributed by atoms with Crippen molar-refractivity contribution in [1.82, 2.24) is 4.90 Å². The minimum Gasteiger partial charge on any atom is -0.384 e. The van der Waals surface area contributed by atoms with Crippen LogP contribution in [0.2, 0.25) is 0 Å². The third-order valence-corrected chi connectivity index (χ3v) is 3.97. The van der Waals surface area contributed by atoms with Crippen LogP contribution >= 0.6 is 0 Å². The Labute approximate surface area is 110 Å². The fourth-order valence-electron chi connectivity index (χ4n) is 3.01. The summed E-state index contributed by atoms with van der Waals surface area (Å²) in [6.45, 7) is 8.11. The summed E-state index contributed by atoms with van der Waals surface area (Å²) >= 11 is 0. The van der Waals surface area contributed by atoms with Gasteiger partial charge in [0.25, 0.3) is 0 Å². The summed E-state index contributed by atoms with van der Waals surface area (Å²) in [4.78, 5) is 2.68. The molecule has 0 atom stereocenters. The third-order valence-electron chi connectivity index (χ3n) is 3.97. The fourth-order valence-corrected chi connectivity index (χ4v) is 3.01. The predicted octanol–water partition coefficient (Wildman–Crippen LogP) is 3.28. The molecule has 0 spiro atoms. The molecule has 0 amide bonds. The maximum absolute atomic E-state index is 3.56. The molecule has 0 radical (unpaired) electrons. The molecule has 1 aliphatic carbocycles. The number of hydrogen-bond donors (Lipinski definition) is 1. The summed E-state index contributed by atoms with van der Waals surface area (Å²) in [5.41, 5.74) is 4.43. The first-order valence-electron chi connectivity index (χ1n) is 7.32. The van der Waals surface area contributed by atoms with E-state index in [1.54, 1.807) is 0 Å². The van der Waals surface area contributed by atoms with Gasteiger partial charge in [0.15, 0.2) is 0 Å². The highest BCUT2D eigenvalue weighted by atomic mass is 15.2. The second-order valence-electron chi connectivity index (χ2n) is 6.18. The van der Waals surface area contributed by atoms with Crippen LogP contribution in [0, 0.1) is 5.92 Å². The van der Waals surface area contributed by atoms with E-state index in [0.717, 1.165) is 25.0 Å². The van der Waals surface area contributed by atoms with E-state index in [1.165, 1.54) is 42.6 Å². The van der Waals surface area contributed by atoms with Crippen molar-refractivity contribution in [3.63, 3.8) is 0 Å². The molecular weight excluding hydrogens is 220 g/mol. The lowest BCUT2D eigenvalue weighted by atomic mass is 10.1. The van der Waals surface area contributed by atoms with Crippen molar-refractivity contribution >= 4 is 5.69 Å². The quantitative estimate of drug-likeness (QED) is 0.855. The van der Waals surface area contributed by atoms with Gasteiger partial charge in [0.05, 0.1) is 0 Å². The van der Waals surface area contributed by atoms with Crippen LogP contribution in [0.25, 0.3) is 0 Å². The van der Waals surface area contributed by atoms with Gasteiger partial charge in [-0.2, -0.15) is 0 Å². The molecule has 98 valence electrons. The Balaban J connectivity index is 1.76. The number of anilines is 1. The molecule has 1 aliphatic heterocycles. The molecular formula is C16H24N2. The smallest absolute Gasteiger partial charge is 0.0419 e. The first-order valence-corrected chi connectivity index (χ1v) is 7.32. The minimum atomic E-state index is 0.760. The Morgan fingerprint density at radius 3 is 2.89 bits per heavy atom. The molecule has 2 aliphatic rings. The number of nitrogens with zero attached hydrogens (tertiary/aromatic N) is 1. The van der Waals surface area contributed by atoms with E-state index < -0.39 is 0 Å². The molecule has 1 N–H and O–H groups in total. The predicted molar refractivity (Wildman–Crippen MR) is 76.9 cm³/mol. The maximum Gasteiger partial charge on any atom is 0.0419 e. The second-order valence-corrected chi connectivity index (χ2v) is 6.18. The number of nitrogens with one attached hydrogen (secondary N) is 1. The molecule has 0 bridgehead atoms. The SMILES string of the molecule is CC(C)CN(Cc1cccc2c1NCC2)C1CC1. The number of hydrogen-bond acceptors (Lipinski definition) is 2. The van der Waals surface area contributed by atoms with Crippen molar-refractivity contribution in [3.8, 4) is 0 Å². The molecule has 1 saturated carbocycles. The Hall–Kier alpha value is -1.02. The van der Waals surface area contributed by atoms with Crippen molar-refractivity contribution < 1.29 is 0 Å². The van der Waals surface area contributed by atoms with Crippen LogP contribution in [0.3, 0.4) is 0 Å². The van der Waals surface area contributed by atoms with Crippen LogP contribution in [0.1, 0.15) is 37.8 Å². The Morgan fingerprint density at radius 1 is 1.33 bits per heavy atom. The topological polar surface area (TPSA) is 15.3 Å². The Bertz CT molecular complexity index is 421. The Morgan fingerprint density at radius 2 is 2.17 bits per heavy atom. The van der Waals surface area contributed by atoms with E-state index in [4.69, 9.17) is 0 Å². The van der Waals surface area contributed by atoms with Crippen molar-refractivity contribution in [1.29, 1.82) is 0 Å². The van der Waals surface area contributed by atoms with E-state index in [9.17, 15) is 0 Å². The molecule has 0 unspecified atom stereocenters. The van der Waals surface area contributed by atoms with Gasteiger partial charge in [-0.1, -0.05) is 32.0 Å². The number of rotatable bonds is 5. The number of para-hydroxylation sites is 1. The van der Waals surface area contributed by atoms with E-state index in [1.807, 2.05) is 0 Å². The summed E-state index contributed by atoms with van der Waals surface area (Å²) in [7, 11) is 0. The van der Waals surface area contributed by atoms with Gasteiger partial charge in [0, 0.05) is 31.4 Å². The first kappa shape index (κ1) is 12.0. The zero-order valence-electron chi connectivity index (χ0n) is 11.6. The summed E-state index contributed by atoms with van der Waals surface area (Å²) in [5, 5.41) is 3.56. The van der Waals surface area contributed by atoms with E-state index in [0.29, 0.717) is 0 Å². The zero-order chi connectivity index (χ0) is 12.5. The monoisotopic (exact) mass is 244 g/mol. The van der Waals surface area contributed by atoms with Crippen molar-refractivity contribution in [2.24, 2.45) is 5.92 Å². The van der Waals surface area contributed by atoms with Gasteiger partial charge < -0.3 is 5.32 Å². The van der Waals surface area contributed by atoms with E-state index >= 15 is 0 Å². The third kappa shape index (κ3) is 2.54. The molecule has 18 heavy (non-hydrogen) atoms. The van der Waals surface area contributed by atoms with Crippen molar-refractivity contribution in [2.45, 2.75) is 45.7 Å². The van der Waals surface area contributed by atoms with Gasteiger partial charge in [0.1, 0.15) is 0 Å². The van der Waals surface area contributed by atoms with Crippen LogP contribution in [0.5, 0.6) is 0 Å². The standard InChI is InChI=1S/C16H24N2/c1-12(2)10-18(15-6-7-15)11-14-5-3-4-13-8-9-17-16(13)14/h3-5,12,15,17H,6-11H2,1-2H3. The molecule has 3 rings (SSSR count). The largest absolute Gasteiger partial charge is 0.384 e. The summed E-state index contributed by atoms with van der Waals surface area (Å²) in [6.07, 6.45) is 3.99. The average molecular weight is 244 g/mol. The Kier molecular flexibility index (Phi) is 3.29. The molecule has 2 heteroatoms. The molecule has 1 heterocycles. The van der Waals surface area contributed by atoms with Gasteiger partial charge in [-0.25, -0.2) is 0 Å².